The molecule has 18 heavy (non-hydrogen) atoms. The van der Waals surface area contributed by atoms with Gasteiger partial charge >= 0.3 is 12.0 Å². The van der Waals surface area contributed by atoms with Crippen LogP contribution in [0.25, 0.3) is 0 Å². The van der Waals surface area contributed by atoms with Gasteiger partial charge in [0, 0.05) is 6.54 Å². The van der Waals surface area contributed by atoms with Crippen LogP contribution in [0.5, 0.6) is 0 Å². The molecule has 3 amide bonds. The van der Waals surface area contributed by atoms with Crippen LogP contribution >= 0.6 is 0 Å². The molecule has 0 aromatic carbocycles. The van der Waals surface area contributed by atoms with Gasteiger partial charge in [0.15, 0.2) is 0 Å². The Morgan fingerprint density at radius 1 is 1.39 bits per heavy atom. The molecule has 0 bridgehead atoms. The molecule has 5 N–H and O–H groups in total. The number of amides is 3. The van der Waals surface area contributed by atoms with E-state index in [0.29, 0.717) is 6.54 Å². The fourth-order valence-corrected chi connectivity index (χ4v) is 1.86. The van der Waals surface area contributed by atoms with Crippen LogP contribution < -0.4 is 16.4 Å². The van der Waals surface area contributed by atoms with Crippen LogP contribution in [0.1, 0.15) is 32.6 Å². The summed E-state index contributed by atoms with van der Waals surface area (Å²) in [4.78, 5) is 32.9. The van der Waals surface area contributed by atoms with Crippen LogP contribution in [-0.2, 0) is 9.59 Å². The van der Waals surface area contributed by atoms with Crippen LogP contribution in [0.15, 0.2) is 0 Å². The smallest absolute Gasteiger partial charge is 0.326 e. The number of urea groups is 1. The first kappa shape index (κ1) is 14.3. The molecule has 7 heteroatoms. The molecule has 0 aromatic heterocycles. The first-order valence-electron chi connectivity index (χ1n) is 5.88. The number of carbonyl (C=O) groups is 3. The first-order valence-corrected chi connectivity index (χ1v) is 5.88. The van der Waals surface area contributed by atoms with Gasteiger partial charge in [-0.3, -0.25) is 4.79 Å². The van der Waals surface area contributed by atoms with E-state index in [1.54, 1.807) is 0 Å². The van der Waals surface area contributed by atoms with Crippen molar-refractivity contribution < 1.29 is 19.5 Å². The van der Waals surface area contributed by atoms with Crippen molar-refractivity contribution in [2.24, 2.45) is 11.1 Å². The van der Waals surface area contributed by atoms with Gasteiger partial charge in [0.2, 0.25) is 5.91 Å². The lowest BCUT2D eigenvalue weighted by Crippen LogP contribution is -2.50. The van der Waals surface area contributed by atoms with Gasteiger partial charge in [0.1, 0.15) is 6.04 Å². The Bertz CT molecular complexity index is 352. The molecular weight excluding hydrogens is 238 g/mol. The van der Waals surface area contributed by atoms with Gasteiger partial charge in [0.25, 0.3) is 0 Å². The summed E-state index contributed by atoms with van der Waals surface area (Å²) < 4.78 is 0. The van der Waals surface area contributed by atoms with Crippen LogP contribution in [-0.4, -0.2) is 35.6 Å². The molecule has 1 rings (SSSR count). The van der Waals surface area contributed by atoms with E-state index in [0.717, 1.165) is 19.3 Å². The molecule has 0 heterocycles. The van der Waals surface area contributed by atoms with Crippen molar-refractivity contribution in [3.8, 4) is 0 Å². The summed E-state index contributed by atoms with van der Waals surface area (Å²) >= 11 is 0. The van der Waals surface area contributed by atoms with E-state index >= 15 is 0 Å². The van der Waals surface area contributed by atoms with Crippen LogP contribution in [0, 0.1) is 5.41 Å². The summed E-state index contributed by atoms with van der Waals surface area (Å²) in [5.74, 6) is -2.05. The van der Waals surface area contributed by atoms with Crippen molar-refractivity contribution in [1.82, 2.24) is 10.6 Å². The highest BCUT2D eigenvalue weighted by molar-refractivity contribution is 5.87. The van der Waals surface area contributed by atoms with Crippen molar-refractivity contribution in [2.45, 2.75) is 38.6 Å². The van der Waals surface area contributed by atoms with Gasteiger partial charge in [-0.1, -0.05) is 13.3 Å². The quantitative estimate of drug-likeness (QED) is 0.526. The number of nitrogens with two attached hydrogens (primary N) is 1. The van der Waals surface area contributed by atoms with E-state index < -0.39 is 30.4 Å². The number of primary amides is 1. The maximum Gasteiger partial charge on any atom is 0.326 e. The Balaban J connectivity index is 2.36. The van der Waals surface area contributed by atoms with Gasteiger partial charge in [-0.05, 0) is 18.3 Å². The third-order valence-electron chi connectivity index (χ3n) is 3.25. The standard InChI is InChI=1S/C11H19N3O4/c1-11(3-2-4-11)6-13-10(18)14-7(9(16)17)5-8(12)15/h7H,2-6H2,1H3,(H2,12,15)(H,16,17)(H2,13,14,18)/t7-/m0/s1. The number of carboxylic acid groups (broad SMARTS) is 1. The van der Waals surface area contributed by atoms with Gasteiger partial charge in [-0.2, -0.15) is 0 Å². The molecule has 1 fully saturated rings. The normalized spacial score (nSPS) is 18.3. The molecule has 1 saturated carbocycles. The lowest BCUT2D eigenvalue weighted by Gasteiger charge is -2.38. The van der Waals surface area contributed by atoms with Crippen molar-refractivity contribution in [1.29, 1.82) is 0 Å². The van der Waals surface area contributed by atoms with Gasteiger partial charge in [0.05, 0.1) is 6.42 Å². The van der Waals surface area contributed by atoms with E-state index in [1.807, 2.05) is 0 Å². The molecular formula is C11H19N3O4. The molecule has 7 nitrogen and oxygen atoms in total. The number of rotatable bonds is 6. The molecule has 0 aromatic rings. The minimum atomic E-state index is -1.28. The molecule has 102 valence electrons. The predicted octanol–water partition coefficient (Wildman–Crippen LogP) is -0.196. The van der Waals surface area contributed by atoms with E-state index in [1.165, 1.54) is 0 Å². The topological polar surface area (TPSA) is 122 Å². The zero-order valence-electron chi connectivity index (χ0n) is 10.4. The average molecular weight is 257 g/mol. The highest BCUT2D eigenvalue weighted by Crippen LogP contribution is 2.39. The van der Waals surface area contributed by atoms with Crippen molar-refractivity contribution in [2.75, 3.05) is 6.54 Å². The maximum atomic E-state index is 11.5. The largest absolute Gasteiger partial charge is 0.480 e. The minimum absolute atomic E-state index is 0.111. The van der Waals surface area contributed by atoms with Crippen molar-refractivity contribution in [3.05, 3.63) is 0 Å². The van der Waals surface area contributed by atoms with Gasteiger partial charge in [-0.15, -0.1) is 0 Å². The first-order chi connectivity index (χ1) is 8.32. The summed E-state index contributed by atoms with van der Waals surface area (Å²) in [6.45, 7) is 2.57. The number of aliphatic carboxylic acids is 1. The zero-order chi connectivity index (χ0) is 13.8. The molecule has 1 atom stereocenters. The minimum Gasteiger partial charge on any atom is -0.480 e. The highest BCUT2D eigenvalue weighted by Gasteiger charge is 2.32. The summed E-state index contributed by atoms with van der Waals surface area (Å²) in [5, 5.41) is 13.6. The number of nitrogens with one attached hydrogen (secondary N) is 2. The zero-order valence-corrected chi connectivity index (χ0v) is 10.4. The summed E-state index contributed by atoms with van der Waals surface area (Å²) in [6, 6.07) is -1.87. The molecule has 0 spiro atoms. The fourth-order valence-electron chi connectivity index (χ4n) is 1.86. The molecule has 0 unspecified atom stereocenters. The molecule has 0 aliphatic heterocycles. The molecule has 0 saturated heterocycles. The van der Waals surface area contributed by atoms with E-state index in [2.05, 4.69) is 17.6 Å². The van der Waals surface area contributed by atoms with Gasteiger partial charge in [-0.25, -0.2) is 9.59 Å². The monoisotopic (exact) mass is 257 g/mol. The molecule has 1 aliphatic carbocycles. The summed E-state index contributed by atoms with van der Waals surface area (Å²) in [5.41, 5.74) is 5.02. The van der Waals surface area contributed by atoms with Gasteiger partial charge < -0.3 is 21.5 Å². The number of carboxylic acids is 1. The number of hydrogen-bond donors (Lipinski definition) is 4. The molecule has 0 radical (unpaired) electrons. The summed E-state index contributed by atoms with van der Waals surface area (Å²) in [6.07, 6.45) is 2.84. The lowest BCUT2D eigenvalue weighted by atomic mass is 9.70. The average Bonchev–Trinajstić information content (AvgIpc) is 2.22. The Kier molecular flexibility index (Phi) is 4.52. The highest BCUT2D eigenvalue weighted by atomic mass is 16.4. The third-order valence-corrected chi connectivity index (χ3v) is 3.25. The second-order valence-electron chi connectivity index (χ2n) is 5.05. The van der Waals surface area contributed by atoms with Crippen LogP contribution in [0.3, 0.4) is 0 Å². The maximum absolute atomic E-state index is 11.5. The van der Waals surface area contributed by atoms with Crippen molar-refractivity contribution >= 4 is 17.9 Å². The van der Waals surface area contributed by atoms with Crippen molar-refractivity contribution in [3.63, 3.8) is 0 Å². The summed E-state index contributed by atoms with van der Waals surface area (Å²) in [7, 11) is 0. The molecule has 1 aliphatic rings. The second kappa shape index (κ2) is 5.70. The third kappa shape index (κ3) is 4.23. The lowest BCUT2D eigenvalue weighted by molar-refractivity contribution is -0.140. The number of carbonyl (C=O) groups excluding carboxylic acids is 2. The van der Waals surface area contributed by atoms with E-state index in [-0.39, 0.29) is 5.41 Å². The Labute approximate surface area is 105 Å². The van der Waals surface area contributed by atoms with E-state index in [4.69, 9.17) is 10.8 Å². The second-order valence-corrected chi connectivity index (χ2v) is 5.05. The SMILES string of the molecule is CC1(CNC(=O)N[C@@H](CC(N)=O)C(=O)O)CCC1. The van der Waals surface area contributed by atoms with Crippen LogP contribution in [0.2, 0.25) is 0 Å². The van der Waals surface area contributed by atoms with E-state index in [9.17, 15) is 14.4 Å². The fraction of sp³-hybridized carbons (Fsp3) is 0.727. The Morgan fingerprint density at radius 3 is 2.39 bits per heavy atom. The van der Waals surface area contributed by atoms with Crippen LogP contribution in [0.4, 0.5) is 4.79 Å². The Morgan fingerprint density at radius 2 is 2.00 bits per heavy atom. The number of hydrogen-bond acceptors (Lipinski definition) is 3. The predicted molar refractivity (Wildman–Crippen MR) is 63.7 cm³/mol. The Hall–Kier alpha value is -1.79.